The fourth-order valence-corrected chi connectivity index (χ4v) is 9.12. The van der Waals surface area contributed by atoms with E-state index >= 15 is 0 Å². The fraction of sp³-hybridized carbons (Fsp3) is 0.958. The number of hydrogen-bond donors (Lipinski definition) is 2. The van der Waals surface area contributed by atoms with Crippen LogP contribution in [-0.2, 0) is 9.53 Å². The number of aliphatic hydroxyl groups is 2. The van der Waals surface area contributed by atoms with E-state index in [1.54, 1.807) is 0 Å². The molecule has 2 N–H and O–H groups in total. The van der Waals surface area contributed by atoms with Crippen LogP contribution in [0.25, 0.3) is 0 Å². The molecular formula is C24H38O4. The van der Waals surface area contributed by atoms with E-state index in [4.69, 9.17) is 4.74 Å². The third kappa shape index (κ3) is 2.59. The van der Waals surface area contributed by atoms with E-state index in [0.717, 1.165) is 38.5 Å². The summed E-state index contributed by atoms with van der Waals surface area (Å²) in [5.74, 6) is 2.70. The number of fused-ring (bicyclic) bond motifs is 7. The molecule has 0 amide bonds. The smallest absolute Gasteiger partial charge is 0.306 e. The van der Waals surface area contributed by atoms with E-state index in [1.165, 1.54) is 12.8 Å². The molecule has 2 unspecified atom stereocenters. The lowest BCUT2D eigenvalue weighted by atomic mass is 9.43. The number of aliphatic hydroxyl groups excluding tert-OH is 2. The third-order valence-corrected chi connectivity index (χ3v) is 10.4. The van der Waals surface area contributed by atoms with Crippen molar-refractivity contribution in [3.05, 3.63) is 0 Å². The summed E-state index contributed by atoms with van der Waals surface area (Å²) in [6, 6.07) is 0. The van der Waals surface area contributed by atoms with Crippen molar-refractivity contribution in [1.82, 2.24) is 0 Å². The second kappa shape index (κ2) is 6.44. The van der Waals surface area contributed by atoms with Crippen LogP contribution in [0.5, 0.6) is 0 Å². The Bertz CT molecular complexity index is 649. The number of rotatable bonds is 0. The Morgan fingerprint density at radius 1 is 0.964 bits per heavy atom. The molecule has 11 atom stereocenters. The molecule has 4 heteroatoms. The standard InChI is InChI=1S/C24H38O4/c1-13-4-5-20(27)28-19-12-17-21-16(7-9-24(17,3)22(13)19)23(2)8-6-15(25)10-14(23)11-18(21)26/h13-19,21-22,25-26H,4-12H2,1-3H3/t13?,14-,15+,16-,17-,18+,19+,21+,22?,23-,24-/m0/s1. The van der Waals surface area contributed by atoms with Crippen LogP contribution in [0, 0.1) is 46.3 Å². The molecule has 4 nitrogen and oxygen atoms in total. The Balaban J connectivity index is 1.49. The Morgan fingerprint density at radius 3 is 2.50 bits per heavy atom. The van der Waals surface area contributed by atoms with Gasteiger partial charge in [-0.1, -0.05) is 20.8 Å². The molecule has 0 aromatic carbocycles. The predicted molar refractivity (Wildman–Crippen MR) is 106 cm³/mol. The zero-order valence-corrected chi connectivity index (χ0v) is 17.8. The van der Waals surface area contributed by atoms with E-state index in [2.05, 4.69) is 20.8 Å². The summed E-state index contributed by atoms with van der Waals surface area (Å²) in [4.78, 5) is 12.2. The number of carbonyl (C=O) groups is 1. The summed E-state index contributed by atoms with van der Waals surface area (Å²) in [5, 5.41) is 21.5. The van der Waals surface area contributed by atoms with Gasteiger partial charge >= 0.3 is 5.97 Å². The molecule has 1 aliphatic heterocycles. The normalized spacial score (nSPS) is 58.6. The molecule has 1 heterocycles. The van der Waals surface area contributed by atoms with Gasteiger partial charge < -0.3 is 14.9 Å². The van der Waals surface area contributed by atoms with E-state index in [1.807, 2.05) is 0 Å². The lowest BCUT2D eigenvalue weighted by Gasteiger charge is -2.62. The molecule has 0 spiro atoms. The lowest BCUT2D eigenvalue weighted by Crippen LogP contribution is -2.58. The molecule has 5 aliphatic rings. The number of esters is 1. The maximum atomic E-state index is 12.2. The Labute approximate surface area is 169 Å². The van der Waals surface area contributed by atoms with Crippen LogP contribution in [0.4, 0.5) is 0 Å². The first-order valence-electron chi connectivity index (χ1n) is 11.8. The molecular weight excluding hydrogens is 352 g/mol. The largest absolute Gasteiger partial charge is 0.462 e. The topological polar surface area (TPSA) is 66.8 Å². The molecule has 1 saturated heterocycles. The van der Waals surface area contributed by atoms with Crippen LogP contribution in [0.15, 0.2) is 0 Å². The summed E-state index contributed by atoms with van der Waals surface area (Å²) in [7, 11) is 0. The molecule has 0 bridgehead atoms. The monoisotopic (exact) mass is 390 g/mol. The van der Waals surface area contributed by atoms with Gasteiger partial charge in [-0.2, -0.15) is 0 Å². The first-order valence-corrected chi connectivity index (χ1v) is 11.8. The summed E-state index contributed by atoms with van der Waals surface area (Å²) in [6.45, 7) is 7.21. The minimum Gasteiger partial charge on any atom is -0.462 e. The van der Waals surface area contributed by atoms with Gasteiger partial charge in [0.15, 0.2) is 0 Å². The Morgan fingerprint density at radius 2 is 1.71 bits per heavy atom. The highest BCUT2D eigenvalue weighted by Crippen LogP contribution is 2.69. The van der Waals surface area contributed by atoms with Crippen molar-refractivity contribution in [2.24, 2.45) is 46.3 Å². The number of ether oxygens (including phenoxy) is 1. The van der Waals surface area contributed by atoms with Gasteiger partial charge in [-0.3, -0.25) is 4.79 Å². The van der Waals surface area contributed by atoms with Crippen LogP contribution < -0.4 is 0 Å². The average Bonchev–Trinajstić information content (AvgIpc) is 2.84. The number of hydrogen-bond acceptors (Lipinski definition) is 4. The van der Waals surface area contributed by atoms with Crippen LogP contribution in [0.1, 0.15) is 78.6 Å². The van der Waals surface area contributed by atoms with Gasteiger partial charge in [0.2, 0.25) is 0 Å². The van der Waals surface area contributed by atoms with Gasteiger partial charge in [0.05, 0.1) is 12.2 Å². The average molecular weight is 391 g/mol. The zero-order chi connectivity index (χ0) is 19.8. The molecule has 5 rings (SSSR count). The van der Waals surface area contributed by atoms with Crippen LogP contribution in [-0.4, -0.2) is 34.5 Å². The lowest BCUT2D eigenvalue weighted by molar-refractivity contribution is -0.174. The fourth-order valence-electron chi connectivity index (χ4n) is 9.12. The van der Waals surface area contributed by atoms with Crippen LogP contribution >= 0.6 is 0 Å². The molecule has 4 aliphatic carbocycles. The highest BCUT2D eigenvalue weighted by Gasteiger charge is 2.65. The highest BCUT2D eigenvalue weighted by molar-refractivity contribution is 5.70. The molecule has 0 aromatic rings. The van der Waals surface area contributed by atoms with Gasteiger partial charge in [0.1, 0.15) is 6.10 Å². The van der Waals surface area contributed by atoms with Crippen molar-refractivity contribution in [3.63, 3.8) is 0 Å². The second-order valence-electron chi connectivity index (χ2n) is 11.6. The van der Waals surface area contributed by atoms with E-state index in [0.29, 0.717) is 41.9 Å². The summed E-state index contributed by atoms with van der Waals surface area (Å²) in [6.07, 6.45) is 8.11. The van der Waals surface area contributed by atoms with Gasteiger partial charge in [-0.05, 0) is 91.8 Å². The van der Waals surface area contributed by atoms with Crippen molar-refractivity contribution in [2.45, 2.75) is 96.9 Å². The SMILES string of the molecule is CC1CCC(=O)O[C@@H]2C[C@H]3[C@@H]4[C@H](O)C[C@@H]5C[C@H](O)CC[C@]5(C)[C@H]4CC[C@]3(C)C12. The van der Waals surface area contributed by atoms with E-state index in [-0.39, 0.29) is 35.1 Å². The second-order valence-corrected chi connectivity index (χ2v) is 11.6. The molecule has 0 aromatic heterocycles. The summed E-state index contributed by atoms with van der Waals surface area (Å²) >= 11 is 0. The predicted octanol–water partition coefficient (Wildman–Crippen LogP) is 3.93. The maximum Gasteiger partial charge on any atom is 0.306 e. The van der Waals surface area contributed by atoms with Crippen molar-refractivity contribution in [3.8, 4) is 0 Å². The Hall–Kier alpha value is -0.610. The van der Waals surface area contributed by atoms with E-state index in [9.17, 15) is 15.0 Å². The first kappa shape index (κ1) is 19.4. The van der Waals surface area contributed by atoms with E-state index < -0.39 is 0 Å². The molecule has 28 heavy (non-hydrogen) atoms. The van der Waals surface area contributed by atoms with Crippen molar-refractivity contribution < 1.29 is 19.7 Å². The van der Waals surface area contributed by atoms with Gasteiger partial charge in [-0.15, -0.1) is 0 Å². The quantitative estimate of drug-likeness (QED) is 0.615. The highest BCUT2D eigenvalue weighted by atomic mass is 16.5. The van der Waals surface area contributed by atoms with Crippen molar-refractivity contribution in [1.29, 1.82) is 0 Å². The summed E-state index contributed by atoms with van der Waals surface area (Å²) in [5.41, 5.74) is 0.422. The van der Waals surface area contributed by atoms with Crippen LogP contribution in [0.3, 0.4) is 0 Å². The zero-order valence-electron chi connectivity index (χ0n) is 17.8. The molecule has 158 valence electrons. The third-order valence-electron chi connectivity index (χ3n) is 10.4. The van der Waals surface area contributed by atoms with Gasteiger partial charge in [-0.25, -0.2) is 0 Å². The van der Waals surface area contributed by atoms with Crippen molar-refractivity contribution >= 4 is 5.97 Å². The summed E-state index contributed by atoms with van der Waals surface area (Å²) < 4.78 is 5.97. The van der Waals surface area contributed by atoms with Crippen molar-refractivity contribution in [2.75, 3.05) is 0 Å². The Kier molecular flexibility index (Phi) is 4.45. The van der Waals surface area contributed by atoms with Gasteiger partial charge in [0.25, 0.3) is 0 Å². The molecule has 0 radical (unpaired) electrons. The molecule has 5 fully saturated rings. The number of carbonyl (C=O) groups excluding carboxylic acids is 1. The maximum absolute atomic E-state index is 12.2. The minimum atomic E-state index is -0.272. The first-order chi connectivity index (χ1) is 13.2. The molecule has 4 saturated carbocycles. The van der Waals surface area contributed by atoms with Gasteiger partial charge in [0, 0.05) is 12.3 Å². The minimum absolute atomic E-state index is 0.0179. The van der Waals surface area contributed by atoms with Crippen LogP contribution in [0.2, 0.25) is 0 Å².